The van der Waals surface area contributed by atoms with Crippen molar-refractivity contribution in [1.82, 2.24) is 0 Å². The Balaban J connectivity index is 1.08. The molecule has 8 atom stereocenters. The second-order valence-electron chi connectivity index (χ2n) is 9.95. The van der Waals surface area contributed by atoms with E-state index in [1.165, 1.54) is 12.0 Å². The monoisotopic (exact) mass is 475 g/mol. The number of ketones is 1. The predicted molar refractivity (Wildman–Crippen MR) is 124 cm³/mol. The van der Waals surface area contributed by atoms with Crippen LogP contribution in [0.15, 0.2) is 54.6 Å². The van der Waals surface area contributed by atoms with Crippen LogP contribution in [0, 0.1) is 35.5 Å². The number of carbonyl (C=O) groups excluding carboxylic acids is 3. The normalized spacial score (nSPS) is 36.4. The molecule has 0 N–H and O–H groups in total. The van der Waals surface area contributed by atoms with Crippen LogP contribution in [0.4, 0.5) is 5.69 Å². The zero-order chi connectivity index (χ0) is 23.3. The average Bonchev–Trinajstić information content (AvgIpc) is 3.77. The van der Waals surface area contributed by atoms with Gasteiger partial charge in [-0.1, -0.05) is 35.9 Å². The number of imide groups is 1. The van der Waals surface area contributed by atoms with E-state index in [4.69, 9.17) is 21.1 Å². The fraction of sp³-hybridized carbons (Fsp3) is 0.370. The van der Waals surface area contributed by atoms with E-state index in [1.807, 2.05) is 12.1 Å². The number of rotatable bonds is 5. The lowest BCUT2D eigenvalue weighted by molar-refractivity contribution is -0.124. The van der Waals surface area contributed by atoms with Crippen molar-refractivity contribution in [2.24, 2.45) is 35.5 Å². The van der Waals surface area contributed by atoms with Crippen LogP contribution < -0.4 is 9.64 Å². The summed E-state index contributed by atoms with van der Waals surface area (Å²) < 4.78 is 10.8. The molecule has 2 bridgehead atoms. The van der Waals surface area contributed by atoms with Crippen molar-refractivity contribution < 1.29 is 23.9 Å². The van der Waals surface area contributed by atoms with Crippen LogP contribution in [-0.4, -0.2) is 30.8 Å². The molecule has 2 heterocycles. The van der Waals surface area contributed by atoms with Gasteiger partial charge >= 0.3 is 0 Å². The molecule has 2 aliphatic heterocycles. The summed E-state index contributed by atoms with van der Waals surface area (Å²) in [7, 11) is 1.52. The molecule has 6 aliphatic rings. The topological polar surface area (TPSA) is 76.2 Å². The van der Waals surface area contributed by atoms with Crippen molar-refractivity contribution in [1.29, 1.82) is 0 Å². The second-order valence-corrected chi connectivity index (χ2v) is 10.4. The maximum atomic E-state index is 13.3. The van der Waals surface area contributed by atoms with E-state index in [1.54, 1.807) is 30.3 Å². The van der Waals surface area contributed by atoms with Gasteiger partial charge in [0.05, 0.1) is 29.7 Å². The summed E-state index contributed by atoms with van der Waals surface area (Å²) in [5.41, 5.74) is 1.89. The van der Waals surface area contributed by atoms with E-state index in [0.717, 1.165) is 12.0 Å². The summed E-state index contributed by atoms with van der Waals surface area (Å²) >= 11 is 6.15. The number of carbonyl (C=O) groups is 3. The number of benzene rings is 2. The minimum absolute atomic E-state index is 0.0699. The van der Waals surface area contributed by atoms with Crippen LogP contribution in [0.2, 0.25) is 5.02 Å². The number of nitrogens with zero attached hydrogens (tertiary/aromatic N) is 1. The van der Waals surface area contributed by atoms with Gasteiger partial charge in [0, 0.05) is 5.56 Å². The third-order valence-electron chi connectivity index (χ3n) is 8.33. The molecule has 34 heavy (non-hydrogen) atoms. The second kappa shape index (κ2) is 7.03. The van der Waals surface area contributed by atoms with E-state index in [2.05, 4.69) is 12.2 Å². The van der Waals surface area contributed by atoms with E-state index in [0.29, 0.717) is 33.9 Å². The van der Waals surface area contributed by atoms with Crippen LogP contribution >= 0.6 is 11.6 Å². The molecule has 2 saturated heterocycles. The lowest BCUT2D eigenvalue weighted by Gasteiger charge is -2.37. The molecule has 0 radical (unpaired) electrons. The summed E-state index contributed by atoms with van der Waals surface area (Å²) in [6.07, 6.45) is 4.56. The van der Waals surface area contributed by atoms with Crippen molar-refractivity contribution >= 4 is 34.9 Å². The van der Waals surface area contributed by atoms with Crippen molar-refractivity contribution in [3.63, 3.8) is 0 Å². The number of Topliss-reactive ketones (excluding diaryl/α,β-unsaturated/α-hetero) is 1. The molecule has 172 valence electrons. The summed E-state index contributed by atoms with van der Waals surface area (Å²) in [5, 5.41) is 0.372. The molecule has 0 spiro atoms. The van der Waals surface area contributed by atoms with E-state index < -0.39 is 6.10 Å². The molecule has 2 saturated carbocycles. The summed E-state index contributed by atoms with van der Waals surface area (Å²) in [4.78, 5) is 40.8. The molecule has 4 fully saturated rings. The maximum absolute atomic E-state index is 13.3. The minimum atomic E-state index is -0.582. The molecule has 7 heteroatoms. The van der Waals surface area contributed by atoms with Crippen molar-refractivity contribution in [3.05, 3.63) is 70.8 Å². The van der Waals surface area contributed by atoms with Gasteiger partial charge in [0.15, 0.2) is 11.9 Å². The van der Waals surface area contributed by atoms with Crippen LogP contribution in [0.25, 0.3) is 0 Å². The van der Waals surface area contributed by atoms with E-state index in [9.17, 15) is 14.4 Å². The molecule has 8 unspecified atom stereocenters. The van der Waals surface area contributed by atoms with Crippen LogP contribution in [0.5, 0.6) is 5.75 Å². The van der Waals surface area contributed by atoms with Gasteiger partial charge in [0.2, 0.25) is 11.8 Å². The third kappa shape index (κ3) is 2.75. The molecule has 8 rings (SSSR count). The first-order chi connectivity index (χ1) is 16.5. The smallest absolute Gasteiger partial charge is 0.238 e. The molecule has 0 aromatic heterocycles. The lowest BCUT2D eigenvalue weighted by atomic mass is 9.63. The van der Waals surface area contributed by atoms with Gasteiger partial charge in [0.1, 0.15) is 11.9 Å². The zero-order valence-corrected chi connectivity index (χ0v) is 19.1. The molecule has 2 aromatic rings. The summed E-state index contributed by atoms with van der Waals surface area (Å²) in [6.45, 7) is 0. The van der Waals surface area contributed by atoms with E-state index in [-0.39, 0.29) is 47.4 Å². The highest BCUT2D eigenvalue weighted by Crippen LogP contribution is 2.65. The molecule has 6 nitrogen and oxygen atoms in total. The quantitative estimate of drug-likeness (QED) is 0.280. The van der Waals surface area contributed by atoms with Gasteiger partial charge < -0.3 is 9.47 Å². The third-order valence-corrected chi connectivity index (χ3v) is 8.62. The Morgan fingerprint density at radius 3 is 2.24 bits per heavy atom. The van der Waals surface area contributed by atoms with Crippen LogP contribution in [0.1, 0.15) is 28.4 Å². The van der Waals surface area contributed by atoms with Crippen molar-refractivity contribution in [3.8, 4) is 5.75 Å². The Morgan fingerprint density at radius 2 is 1.65 bits per heavy atom. The highest BCUT2D eigenvalue weighted by molar-refractivity contribution is 6.32. The van der Waals surface area contributed by atoms with Gasteiger partial charge in [-0.2, -0.15) is 0 Å². The minimum Gasteiger partial charge on any atom is -0.495 e. The number of hydrogen-bond acceptors (Lipinski definition) is 5. The lowest BCUT2D eigenvalue weighted by Crippen LogP contribution is -2.40. The molecule has 2 amide bonds. The zero-order valence-electron chi connectivity index (χ0n) is 18.4. The number of ether oxygens (including phenoxy) is 2. The highest BCUT2D eigenvalue weighted by Gasteiger charge is 2.67. The van der Waals surface area contributed by atoms with Gasteiger partial charge in [-0.15, -0.1) is 0 Å². The number of halogens is 1. The van der Waals surface area contributed by atoms with Gasteiger partial charge in [-0.3, -0.25) is 19.3 Å². The molecular formula is C27H22ClNO5. The standard InChI is InChI=1S/C27H22ClNO5/c1-33-20-9-4-13(10-19(20)28)23(30)25-24(34-25)12-2-5-14(6-3-12)29-26(31)21-15-7-8-16(18-11-17(15)18)22(21)27(29)32/h2-10,15-18,21-22,24-25H,11H2,1H3. The first kappa shape index (κ1) is 20.4. The Morgan fingerprint density at radius 1 is 1.00 bits per heavy atom. The Bertz CT molecular complexity index is 1250. The number of amides is 2. The largest absolute Gasteiger partial charge is 0.495 e. The van der Waals surface area contributed by atoms with Gasteiger partial charge in [-0.25, -0.2) is 0 Å². The van der Waals surface area contributed by atoms with Crippen molar-refractivity contribution in [2.45, 2.75) is 18.6 Å². The van der Waals surface area contributed by atoms with Crippen LogP contribution in [-0.2, 0) is 14.3 Å². The maximum Gasteiger partial charge on any atom is 0.238 e. The number of methoxy groups -OCH3 is 1. The summed E-state index contributed by atoms with van der Waals surface area (Å²) in [5.74, 6) is 1.38. The van der Waals surface area contributed by atoms with Crippen molar-refractivity contribution in [2.75, 3.05) is 12.0 Å². The Labute approximate surface area is 201 Å². The Hall–Kier alpha value is -2.96. The number of epoxide rings is 1. The molecule has 4 aliphatic carbocycles. The van der Waals surface area contributed by atoms with Crippen LogP contribution in [0.3, 0.4) is 0 Å². The SMILES string of the molecule is COc1ccc(C(=O)C2OC2c2ccc(N3C(=O)C4C5C=CC(C6CC56)C4C3=O)cc2)cc1Cl. The number of anilines is 1. The fourth-order valence-electron chi connectivity index (χ4n) is 6.57. The number of allylic oxidation sites excluding steroid dienone is 2. The first-order valence-corrected chi connectivity index (χ1v) is 12.0. The first-order valence-electron chi connectivity index (χ1n) is 11.7. The van der Waals surface area contributed by atoms with Gasteiger partial charge in [-0.05, 0) is 66.0 Å². The summed E-state index contributed by atoms with van der Waals surface area (Å²) in [6, 6.07) is 12.2. The number of hydrogen-bond donors (Lipinski definition) is 0. The highest BCUT2D eigenvalue weighted by atomic mass is 35.5. The Kier molecular flexibility index (Phi) is 4.22. The predicted octanol–water partition coefficient (Wildman–Crippen LogP) is 4.23. The fourth-order valence-corrected chi connectivity index (χ4v) is 6.83. The average molecular weight is 476 g/mol. The van der Waals surface area contributed by atoms with Gasteiger partial charge in [0.25, 0.3) is 0 Å². The molecular weight excluding hydrogens is 454 g/mol. The molecule has 2 aromatic carbocycles. The van der Waals surface area contributed by atoms with E-state index >= 15 is 0 Å².